The lowest BCUT2D eigenvalue weighted by atomic mass is 10.1. The van der Waals surface area contributed by atoms with Crippen LogP contribution in [0, 0.1) is 0 Å². The molecule has 1 aromatic rings. The molecule has 11 heteroatoms. The maximum absolute atomic E-state index is 14.4. The van der Waals surface area contributed by atoms with E-state index >= 15 is 0 Å². The van der Waals surface area contributed by atoms with Crippen molar-refractivity contribution in [3.8, 4) is 0 Å². The Kier molecular flexibility index (Phi) is 4.95. The van der Waals surface area contributed by atoms with Crippen LogP contribution in [0.4, 0.5) is 10.2 Å². The summed E-state index contributed by atoms with van der Waals surface area (Å²) in [7, 11) is -2.40. The maximum atomic E-state index is 14.4. The Hall–Kier alpha value is -1.06. The number of rotatable bonds is 4. The van der Waals surface area contributed by atoms with Crippen molar-refractivity contribution < 1.29 is 23.3 Å². The zero-order valence-corrected chi connectivity index (χ0v) is 12.7. The van der Waals surface area contributed by atoms with Crippen LogP contribution in [0.15, 0.2) is 17.1 Å². The number of nitrogen functional groups attached to an aromatic ring is 1. The summed E-state index contributed by atoms with van der Waals surface area (Å²) >= 11 is 3.56. The fourth-order valence-corrected chi connectivity index (χ4v) is 2.88. The van der Waals surface area contributed by atoms with E-state index in [2.05, 4.69) is 17.2 Å². The molecule has 5 unspecified atom stereocenters. The second kappa shape index (κ2) is 6.37. The molecule has 0 aliphatic carbocycles. The number of aliphatic hydroxyl groups excluding tert-OH is 1. The number of hydrogen-bond donors (Lipinski definition) is 3. The molecule has 1 aliphatic rings. The summed E-state index contributed by atoms with van der Waals surface area (Å²) in [4.78, 5) is 15.2. The SMILES string of the molecule is C[C@H](O)C1OC(n2ccc(N)nc2=O)C(F)C1O[P+](=O)S. The van der Waals surface area contributed by atoms with Crippen LogP contribution in [-0.4, -0.2) is 39.1 Å². The highest BCUT2D eigenvalue weighted by atomic mass is 32.7. The highest BCUT2D eigenvalue weighted by molar-refractivity contribution is 8.39. The topological polar surface area (TPSA) is 117 Å². The summed E-state index contributed by atoms with van der Waals surface area (Å²) in [6.45, 7) is 1.37. The Labute approximate surface area is 125 Å². The molecule has 1 fully saturated rings. The zero-order chi connectivity index (χ0) is 15.7. The molecular formula is C10H14FN3O5PS+. The van der Waals surface area contributed by atoms with Crippen molar-refractivity contribution in [2.24, 2.45) is 0 Å². The number of anilines is 1. The van der Waals surface area contributed by atoms with Crippen molar-refractivity contribution in [3.05, 3.63) is 22.7 Å². The summed E-state index contributed by atoms with van der Waals surface area (Å²) in [5.74, 6) is -0.0111. The molecule has 0 aromatic carbocycles. The van der Waals surface area contributed by atoms with E-state index in [1.165, 1.54) is 19.2 Å². The molecule has 116 valence electrons. The minimum Gasteiger partial charge on any atom is -0.391 e. The summed E-state index contributed by atoms with van der Waals surface area (Å²) in [5, 5.41) is 9.62. The van der Waals surface area contributed by atoms with Gasteiger partial charge in [0.1, 0.15) is 24.2 Å². The standard InChI is InChI=1S/C10H13FN3O5PS/c1-4(15)7-8(19-20(17)21)6(11)9(18-7)14-3-2-5(12)13-10(14)16/h2-4,6-9,15H,1H3,(H2-,12,13,16,17,21)/p+1/t4-,6?,7?,8?,9?/m0/s1. The number of ether oxygens (including phenoxy) is 1. The third kappa shape index (κ3) is 3.41. The van der Waals surface area contributed by atoms with Crippen LogP contribution >= 0.6 is 19.5 Å². The van der Waals surface area contributed by atoms with Gasteiger partial charge >= 0.3 is 12.9 Å². The van der Waals surface area contributed by atoms with Gasteiger partial charge in [-0.15, -0.1) is 4.52 Å². The van der Waals surface area contributed by atoms with Gasteiger partial charge in [0.15, 0.2) is 18.5 Å². The van der Waals surface area contributed by atoms with E-state index < -0.39 is 43.6 Å². The Morgan fingerprint density at radius 3 is 2.90 bits per heavy atom. The predicted octanol–water partition coefficient (Wildman–Crippen LogP) is 0.414. The maximum Gasteiger partial charge on any atom is 0.582 e. The lowest BCUT2D eigenvalue weighted by molar-refractivity contribution is -0.0747. The predicted molar refractivity (Wildman–Crippen MR) is 74.9 cm³/mol. The lowest BCUT2D eigenvalue weighted by Gasteiger charge is -2.17. The molecule has 1 aliphatic heterocycles. The van der Waals surface area contributed by atoms with E-state index in [-0.39, 0.29) is 5.82 Å². The Morgan fingerprint density at radius 2 is 2.38 bits per heavy atom. The number of nitrogens with two attached hydrogens (primary N) is 1. The lowest BCUT2D eigenvalue weighted by Crippen LogP contribution is -2.37. The molecule has 2 heterocycles. The summed E-state index contributed by atoms with van der Waals surface area (Å²) in [6, 6.07) is 1.31. The minimum atomic E-state index is -2.40. The van der Waals surface area contributed by atoms with Crippen LogP contribution in [0.25, 0.3) is 0 Å². The molecular weight excluding hydrogens is 324 g/mol. The second-order valence-electron chi connectivity index (χ2n) is 4.53. The molecule has 0 spiro atoms. The minimum absolute atomic E-state index is 0.0111. The molecule has 0 amide bonds. The average molecular weight is 338 g/mol. The van der Waals surface area contributed by atoms with Gasteiger partial charge in [-0.05, 0) is 17.6 Å². The van der Waals surface area contributed by atoms with E-state index in [9.17, 15) is 18.9 Å². The van der Waals surface area contributed by atoms with Gasteiger partial charge in [-0.1, -0.05) is 0 Å². The van der Waals surface area contributed by atoms with Crippen molar-refractivity contribution in [3.63, 3.8) is 0 Å². The van der Waals surface area contributed by atoms with Gasteiger partial charge in [-0.25, -0.2) is 9.18 Å². The number of hydrogen-bond acceptors (Lipinski definition) is 7. The van der Waals surface area contributed by atoms with E-state index in [0.29, 0.717) is 0 Å². The van der Waals surface area contributed by atoms with Crippen molar-refractivity contribution in [1.82, 2.24) is 9.55 Å². The van der Waals surface area contributed by atoms with Gasteiger partial charge < -0.3 is 15.6 Å². The van der Waals surface area contributed by atoms with Crippen LogP contribution in [0.1, 0.15) is 13.2 Å². The smallest absolute Gasteiger partial charge is 0.391 e. The van der Waals surface area contributed by atoms with E-state index in [1.807, 2.05) is 0 Å². The monoisotopic (exact) mass is 338 g/mol. The largest absolute Gasteiger partial charge is 0.582 e. The van der Waals surface area contributed by atoms with Gasteiger partial charge in [-0.2, -0.15) is 4.98 Å². The first-order chi connectivity index (χ1) is 9.81. The van der Waals surface area contributed by atoms with Crippen molar-refractivity contribution in [1.29, 1.82) is 0 Å². The fourth-order valence-electron chi connectivity index (χ4n) is 2.11. The first kappa shape index (κ1) is 16.3. The third-order valence-corrected chi connectivity index (χ3v) is 3.73. The van der Waals surface area contributed by atoms with Crippen LogP contribution in [0.2, 0.25) is 0 Å². The molecule has 1 aromatic heterocycles. The van der Waals surface area contributed by atoms with Crippen molar-refractivity contribution in [2.45, 2.75) is 37.6 Å². The number of aromatic nitrogens is 2. The highest BCUT2D eigenvalue weighted by Crippen LogP contribution is 2.41. The van der Waals surface area contributed by atoms with Gasteiger partial charge in [0.25, 0.3) is 0 Å². The Bertz CT molecular complexity index is 600. The molecule has 3 N–H and O–H groups in total. The molecule has 0 bridgehead atoms. The molecule has 0 radical (unpaired) electrons. The Morgan fingerprint density at radius 1 is 1.71 bits per heavy atom. The first-order valence-corrected chi connectivity index (χ1v) is 8.29. The van der Waals surface area contributed by atoms with Gasteiger partial charge in [0.05, 0.1) is 6.10 Å². The van der Waals surface area contributed by atoms with Gasteiger partial charge in [0.2, 0.25) is 0 Å². The normalized spacial score (nSPS) is 31.1. The summed E-state index contributed by atoms with van der Waals surface area (Å²) < 4.78 is 36.6. The van der Waals surface area contributed by atoms with Crippen LogP contribution in [-0.2, 0) is 13.8 Å². The van der Waals surface area contributed by atoms with E-state index in [4.69, 9.17) is 15.0 Å². The molecule has 2 rings (SSSR count). The summed E-state index contributed by atoms with van der Waals surface area (Å²) in [5.41, 5.74) is 4.55. The van der Waals surface area contributed by atoms with Crippen molar-refractivity contribution in [2.75, 3.05) is 5.73 Å². The quantitative estimate of drug-likeness (QED) is 0.538. The highest BCUT2D eigenvalue weighted by Gasteiger charge is 2.52. The number of halogens is 1. The van der Waals surface area contributed by atoms with Crippen LogP contribution in [0.5, 0.6) is 0 Å². The second-order valence-corrected chi connectivity index (χ2v) is 6.19. The molecule has 8 nitrogen and oxygen atoms in total. The first-order valence-electron chi connectivity index (χ1n) is 5.96. The number of aliphatic hydroxyl groups is 1. The Balaban J connectivity index is 2.33. The number of nitrogens with zero attached hydrogens (tertiary/aromatic N) is 2. The van der Waals surface area contributed by atoms with Gasteiger partial charge in [-0.3, -0.25) is 4.57 Å². The number of thiol groups is 1. The van der Waals surface area contributed by atoms with Crippen LogP contribution < -0.4 is 11.4 Å². The molecule has 6 atom stereocenters. The van der Waals surface area contributed by atoms with E-state index in [1.54, 1.807) is 0 Å². The number of alkyl halides is 1. The van der Waals surface area contributed by atoms with E-state index in [0.717, 1.165) is 4.57 Å². The van der Waals surface area contributed by atoms with Gasteiger partial charge in [0, 0.05) is 6.20 Å². The fraction of sp³-hybridized carbons (Fsp3) is 0.600. The van der Waals surface area contributed by atoms with Crippen LogP contribution in [0.3, 0.4) is 0 Å². The average Bonchev–Trinajstić information content (AvgIpc) is 2.67. The third-order valence-electron chi connectivity index (χ3n) is 3.02. The summed E-state index contributed by atoms with van der Waals surface area (Å²) in [6.07, 6.45) is -5.48. The molecule has 1 saturated heterocycles. The zero-order valence-electron chi connectivity index (χ0n) is 10.9. The molecule has 21 heavy (non-hydrogen) atoms. The van der Waals surface area contributed by atoms with Crippen molar-refractivity contribution >= 4 is 25.3 Å². The molecule has 0 saturated carbocycles.